The summed E-state index contributed by atoms with van der Waals surface area (Å²) in [5.74, 6) is 1.31. The standard InChI is InChI=1S/C35H41N7O7/c1-7-46-28-16-23(17-29(47-8-2)30(28)24-19-36-40(6)20-24)32(44)41-13-11-35(12-14-41)18-26(43)25-15-22(9-10-27(25)49-35)31-37-39-42(38-31)21-48-33(45)34(3,4)5/h9-10,15-17,19-20H,7-8,11-14,18,21H2,1-6H3. The van der Waals surface area contributed by atoms with Crippen LogP contribution in [0.15, 0.2) is 42.7 Å². The van der Waals surface area contributed by atoms with E-state index in [1.54, 1.807) is 66.9 Å². The van der Waals surface area contributed by atoms with Gasteiger partial charge in [-0.2, -0.15) is 5.10 Å². The fourth-order valence-corrected chi connectivity index (χ4v) is 6.05. The highest BCUT2D eigenvalue weighted by Gasteiger charge is 2.44. The summed E-state index contributed by atoms with van der Waals surface area (Å²) >= 11 is 0. The molecule has 1 saturated heterocycles. The Bertz CT molecular complexity index is 1860. The van der Waals surface area contributed by atoms with Crippen molar-refractivity contribution in [1.29, 1.82) is 0 Å². The number of Topliss-reactive ketones (excluding diaryl/α,β-unsaturated/α-hetero) is 1. The maximum atomic E-state index is 13.8. The maximum Gasteiger partial charge on any atom is 0.313 e. The number of amides is 1. The molecule has 0 aliphatic carbocycles. The van der Waals surface area contributed by atoms with Gasteiger partial charge in [0.25, 0.3) is 5.91 Å². The predicted octanol–water partition coefficient (Wildman–Crippen LogP) is 4.73. The largest absolute Gasteiger partial charge is 0.493 e. The van der Waals surface area contributed by atoms with E-state index in [0.29, 0.717) is 78.9 Å². The Morgan fingerprint density at radius 1 is 1.00 bits per heavy atom. The Balaban J connectivity index is 1.14. The average molecular weight is 672 g/mol. The second-order valence-corrected chi connectivity index (χ2v) is 13.3. The lowest BCUT2D eigenvalue weighted by molar-refractivity contribution is -0.157. The van der Waals surface area contributed by atoms with Gasteiger partial charge in [-0.3, -0.25) is 19.1 Å². The van der Waals surface area contributed by atoms with Crippen LogP contribution in [0.5, 0.6) is 17.2 Å². The van der Waals surface area contributed by atoms with Crippen molar-refractivity contribution in [3.63, 3.8) is 0 Å². The fourth-order valence-electron chi connectivity index (χ4n) is 6.05. The first-order chi connectivity index (χ1) is 23.4. The van der Waals surface area contributed by atoms with E-state index in [2.05, 4.69) is 20.5 Å². The van der Waals surface area contributed by atoms with Crippen LogP contribution in [0.3, 0.4) is 0 Å². The van der Waals surface area contributed by atoms with E-state index >= 15 is 0 Å². The van der Waals surface area contributed by atoms with Crippen molar-refractivity contribution >= 4 is 17.7 Å². The average Bonchev–Trinajstić information content (AvgIpc) is 3.72. The van der Waals surface area contributed by atoms with Crippen molar-refractivity contribution in [2.24, 2.45) is 12.5 Å². The number of tetrazole rings is 1. The van der Waals surface area contributed by atoms with Crippen molar-refractivity contribution in [2.45, 2.75) is 66.2 Å². The second kappa shape index (κ2) is 13.3. The van der Waals surface area contributed by atoms with Gasteiger partial charge in [-0.25, -0.2) is 0 Å². The van der Waals surface area contributed by atoms with Crippen LogP contribution in [0.1, 0.15) is 74.6 Å². The molecule has 0 radical (unpaired) electrons. The molecule has 0 atom stereocenters. The summed E-state index contributed by atoms with van der Waals surface area (Å²) < 4.78 is 25.5. The molecule has 258 valence electrons. The number of fused-ring (bicyclic) bond motifs is 1. The van der Waals surface area contributed by atoms with Crippen LogP contribution in [-0.2, 0) is 23.3 Å². The van der Waals surface area contributed by atoms with Crippen LogP contribution in [0.4, 0.5) is 0 Å². The van der Waals surface area contributed by atoms with Crippen LogP contribution in [0.2, 0.25) is 0 Å². The van der Waals surface area contributed by atoms with Gasteiger partial charge in [0, 0.05) is 55.9 Å². The molecule has 49 heavy (non-hydrogen) atoms. The molecule has 2 aliphatic heterocycles. The third-order valence-electron chi connectivity index (χ3n) is 8.59. The number of hydrogen-bond acceptors (Lipinski definition) is 11. The molecule has 0 N–H and O–H groups in total. The van der Waals surface area contributed by atoms with E-state index in [0.717, 1.165) is 11.1 Å². The highest BCUT2D eigenvalue weighted by atomic mass is 16.5. The first kappa shape index (κ1) is 33.6. The van der Waals surface area contributed by atoms with Crippen molar-refractivity contribution in [3.8, 4) is 39.8 Å². The van der Waals surface area contributed by atoms with E-state index in [1.165, 1.54) is 4.80 Å². The number of piperidine rings is 1. The number of aromatic nitrogens is 6. The Morgan fingerprint density at radius 2 is 1.69 bits per heavy atom. The lowest BCUT2D eigenvalue weighted by atomic mass is 9.82. The molecular formula is C35H41N7O7. The zero-order valence-corrected chi connectivity index (χ0v) is 28.7. The lowest BCUT2D eigenvalue weighted by Crippen LogP contribution is -2.52. The van der Waals surface area contributed by atoms with E-state index in [1.807, 2.05) is 27.1 Å². The zero-order valence-electron chi connectivity index (χ0n) is 28.7. The van der Waals surface area contributed by atoms with Gasteiger partial charge in [0.15, 0.2) is 5.78 Å². The van der Waals surface area contributed by atoms with Crippen molar-refractivity contribution in [1.82, 2.24) is 34.9 Å². The number of hydrogen-bond donors (Lipinski definition) is 0. The first-order valence-corrected chi connectivity index (χ1v) is 16.4. The van der Waals surface area contributed by atoms with Crippen molar-refractivity contribution in [2.75, 3.05) is 26.3 Å². The summed E-state index contributed by atoms with van der Waals surface area (Å²) in [6, 6.07) is 8.75. The minimum atomic E-state index is -0.710. The van der Waals surface area contributed by atoms with Crippen molar-refractivity contribution < 1.29 is 33.3 Å². The summed E-state index contributed by atoms with van der Waals surface area (Å²) in [4.78, 5) is 42.4. The highest BCUT2D eigenvalue weighted by molar-refractivity contribution is 6.01. The van der Waals surface area contributed by atoms with E-state index in [-0.39, 0.29) is 30.8 Å². The summed E-state index contributed by atoms with van der Waals surface area (Å²) in [6.45, 7) is 10.6. The molecule has 6 rings (SSSR count). The normalized spacial score (nSPS) is 15.5. The molecule has 0 unspecified atom stereocenters. The molecule has 4 aromatic rings. The molecule has 2 aliphatic rings. The van der Waals surface area contributed by atoms with Gasteiger partial charge in [0.1, 0.15) is 22.8 Å². The number of carbonyl (C=O) groups is 3. The number of aryl methyl sites for hydroxylation is 1. The van der Waals surface area contributed by atoms with Crippen LogP contribution in [0.25, 0.3) is 22.5 Å². The Morgan fingerprint density at radius 3 is 2.31 bits per heavy atom. The molecule has 0 saturated carbocycles. The van der Waals surface area contributed by atoms with Gasteiger partial charge in [-0.05, 0) is 70.2 Å². The van der Waals surface area contributed by atoms with Gasteiger partial charge in [-0.15, -0.1) is 15.0 Å². The lowest BCUT2D eigenvalue weighted by Gasteiger charge is -2.44. The number of ether oxygens (including phenoxy) is 4. The number of carbonyl (C=O) groups excluding carboxylic acids is 3. The van der Waals surface area contributed by atoms with E-state index in [9.17, 15) is 14.4 Å². The molecule has 4 heterocycles. The maximum absolute atomic E-state index is 13.8. The molecule has 14 heteroatoms. The van der Waals surface area contributed by atoms with Crippen molar-refractivity contribution in [3.05, 3.63) is 53.9 Å². The molecule has 1 fully saturated rings. The topological polar surface area (TPSA) is 153 Å². The third-order valence-corrected chi connectivity index (χ3v) is 8.59. The molecule has 0 bridgehead atoms. The molecule has 14 nitrogen and oxygen atoms in total. The minimum Gasteiger partial charge on any atom is -0.493 e. The molecule has 1 amide bonds. The van der Waals surface area contributed by atoms with Gasteiger partial charge in [0.05, 0.1) is 42.4 Å². The van der Waals surface area contributed by atoms with Crippen LogP contribution >= 0.6 is 0 Å². The first-order valence-electron chi connectivity index (χ1n) is 16.4. The SMILES string of the molecule is CCOc1cc(C(=O)N2CCC3(CC2)CC(=O)c2cc(-c4nnn(COC(=O)C(C)(C)C)n4)ccc2O3)cc(OCC)c1-c1cnn(C)c1. The molecule has 2 aromatic carbocycles. The molecular weight excluding hydrogens is 630 g/mol. The Hall–Kier alpha value is -5.27. The number of benzene rings is 2. The van der Waals surface area contributed by atoms with E-state index < -0.39 is 11.0 Å². The number of ketones is 1. The summed E-state index contributed by atoms with van der Waals surface area (Å²) in [5.41, 5.74) is 1.72. The van der Waals surface area contributed by atoms with Gasteiger partial charge in [0.2, 0.25) is 12.6 Å². The molecule has 2 aromatic heterocycles. The number of esters is 1. The summed E-state index contributed by atoms with van der Waals surface area (Å²) in [7, 11) is 1.84. The third kappa shape index (κ3) is 6.99. The zero-order chi connectivity index (χ0) is 34.9. The minimum absolute atomic E-state index is 0.0527. The van der Waals surface area contributed by atoms with Gasteiger partial charge in [-0.1, -0.05) is 0 Å². The predicted molar refractivity (Wildman–Crippen MR) is 177 cm³/mol. The fraction of sp³-hybridized carbons (Fsp3) is 0.457. The monoisotopic (exact) mass is 671 g/mol. The summed E-state index contributed by atoms with van der Waals surface area (Å²) in [6.07, 6.45) is 4.82. The smallest absolute Gasteiger partial charge is 0.313 e. The number of likely N-dealkylation sites (tertiary alicyclic amines) is 1. The quantitative estimate of drug-likeness (QED) is 0.227. The van der Waals surface area contributed by atoms with Crippen LogP contribution < -0.4 is 14.2 Å². The Labute approximate surface area is 284 Å². The molecule has 1 spiro atoms. The number of rotatable bonds is 9. The van der Waals surface area contributed by atoms with E-state index in [4.69, 9.17) is 18.9 Å². The van der Waals surface area contributed by atoms with Crippen LogP contribution in [-0.4, -0.2) is 84.5 Å². The van der Waals surface area contributed by atoms with Crippen LogP contribution in [0, 0.1) is 5.41 Å². The summed E-state index contributed by atoms with van der Waals surface area (Å²) in [5, 5.41) is 16.6. The second-order valence-electron chi connectivity index (χ2n) is 13.3. The number of nitrogens with zero attached hydrogens (tertiary/aromatic N) is 7. The highest BCUT2D eigenvalue weighted by Crippen LogP contribution is 2.42. The van der Waals surface area contributed by atoms with Gasteiger partial charge < -0.3 is 23.8 Å². The Kier molecular flexibility index (Phi) is 9.14. The van der Waals surface area contributed by atoms with Gasteiger partial charge >= 0.3 is 5.97 Å².